The molecule has 0 aliphatic rings. The van der Waals surface area contributed by atoms with E-state index >= 15 is 0 Å². The summed E-state index contributed by atoms with van der Waals surface area (Å²) in [6.07, 6.45) is 3.72. The topological polar surface area (TPSA) is 63.8 Å². The Morgan fingerprint density at radius 2 is 1.32 bits per heavy atom. The van der Waals surface area contributed by atoms with E-state index < -0.39 is 0 Å². The van der Waals surface area contributed by atoms with Gasteiger partial charge in [-0.3, -0.25) is 0 Å². The van der Waals surface area contributed by atoms with Gasteiger partial charge in [-0.2, -0.15) is 5.10 Å². The average Bonchev–Trinajstić information content (AvgIpc) is 3.15. The van der Waals surface area contributed by atoms with E-state index in [1.165, 1.54) is 11.1 Å². The van der Waals surface area contributed by atoms with Crippen molar-refractivity contribution in [3.8, 4) is 22.5 Å². The van der Waals surface area contributed by atoms with Crippen LogP contribution < -0.4 is 0 Å². The molecule has 2 heterocycles. The molecule has 0 radical (unpaired) electrons. The second kappa shape index (κ2) is 7.90. The van der Waals surface area contributed by atoms with Gasteiger partial charge in [-0.15, -0.1) is 0 Å². The molecule has 142 valence electrons. The highest BCUT2D eigenvalue weighted by molar-refractivity contribution is 5.84. The minimum absolute atomic E-state index is 0.0131. The molecule has 0 atom stereocenters. The van der Waals surface area contributed by atoms with Gasteiger partial charge in [0.25, 0.3) is 0 Å². The van der Waals surface area contributed by atoms with Crippen LogP contribution in [-0.4, -0.2) is 31.5 Å². The molecule has 5 heteroatoms. The zero-order chi connectivity index (χ0) is 19.5. The Balaban J connectivity index is 1.92. The van der Waals surface area contributed by atoms with Crippen LogP contribution in [0.1, 0.15) is 25.0 Å². The van der Waals surface area contributed by atoms with Crippen LogP contribution in [0.5, 0.6) is 0 Å². The molecule has 2 aromatic heterocycles. The molecule has 4 rings (SSSR count). The predicted octanol–water partition coefficient (Wildman–Crippen LogP) is 4.28. The van der Waals surface area contributed by atoms with Crippen molar-refractivity contribution in [2.24, 2.45) is 0 Å². The van der Waals surface area contributed by atoms with Crippen molar-refractivity contribution in [1.82, 2.24) is 19.7 Å². The first-order chi connectivity index (χ1) is 13.7. The molecule has 0 amide bonds. The molecule has 28 heavy (non-hydrogen) atoms. The van der Waals surface area contributed by atoms with Gasteiger partial charge in [0.15, 0.2) is 5.65 Å². The summed E-state index contributed by atoms with van der Waals surface area (Å²) in [5.41, 5.74) is 7.75. The standard InChI is InChI=1S/C23H24N4O/c1-3-16-5-9-18(10-6-16)21-22(19-11-7-17(4-2)8-12-19)26-23-20(25-21)15-24-27(23)13-14-28/h5-12,15,28H,3-4,13-14H2,1-2H3. The summed E-state index contributed by atoms with van der Waals surface area (Å²) >= 11 is 0. The SMILES string of the molecule is CCc1ccc(-c2nc3cnn(CCO)c3nc2-c2ccc(CC)cc2)cc1. The van der Waals surface area contributed by atoms with Crippen LogP contribution >= 0.6 is 0 Å². The van der Waals surface area contributed by atoms with Crippen LogP contribution in [0.2, 0.25) is 0 Å². The zero-order valence-electron chi connectivity index (χ0n) is 16.3. The lowest BCUT2D eigenvalue weighted by Gasteiger charge is -2.11. The smallest absolute Gasteiger partial charge is 0.177 e. The Labute approximate surface area is 164 Å². The Hall–Kier alpha value is -3.05. The quantitative estimate of drug-likeness (QED) is 0.549. The number of rotatable bonds is 6. The molecule has 5 nitrogen and oxygen atoms in total. The summed E-state index contributed by atoms with van der Waals surface area (Å²) in [5.74, 6) is 0. The Morgan fingerprint density at radius 1 is 0.786 bits per heavy atom. The lowest BCUT2D eigenvalue weighted by molar-refractivity contribution is 0.271. The largest absolute Gasteiger partial charge is 0.394 e. The van der Waals surface area contributed by atoms with Gasteiger partial charge in [0.05, 0.1) is 30.7 Å². The first-order valence-electron chi connectivity index (χ1n) is 9.76. The van der Waals surface area contributed by atoms with Crippen LogP contribution in [-0.2, 0) is 19.4 Å². The molecule has 0 unspecified atom stereocenters. The molecule has 0 saturated carbocycles. The number of fused-ring (bicyclic) bond motifs is 1. The monoisotopic (exact) mass is 372 g/mol. The van der Waals surface area contributed by atoms with Gasteiger partial charge in [0, 0.05) is 11.1 Å². The molecule has 0 spiro atoms. The predicted molar refractivity (Wildman–Crippen MR) is 112 cm³/mol. The highest BCUT2D eigenvalue weighted by Gasteiger charge is 2.16. The van der Waals surface area contributed by atoms with Crippen LogP contribution in [0.4, 0.5) is 0 Å². The normalized spacial score (nSPS) is 11.2. The van der Waals surface area contributed by atoms with E-state index in [1.54, 1.807) is 10.9 Å². The molecule has 0 bridgehead atoms. The van der Waals surface area contributed by atoms with Gasteiger partial charge in [-0.25, -0.2) is 14.6 Å². The van der Waals surface area contributed by atoms with E-state index in [1.807, 2.05) is 0 Å². The van der Waals surface area contributed by atoms with Crippen molar-refractivity contribution in [1.29, 1.82) is 0 Å². The zero-order valence-corrected chi connectivity index (χ0v) is 16.3. The molecule has 4 aromatic rings. The molecule has 2 aromatic carbocycles. The highest BCUT2D eigenvalue weighted by Crippen LogP contribution is 2.31. The molecule has 0 saturated heterocycles. The molecule has 1 N–H and O–H groups in total. The van der Waals surface area contributed by atoms with Crippen molar-refractivity contribution in [3.63, 3.8) is 0 Å². The maximum absolute atomic E-state index is 9.31. The van der Waals surface area contributed by atoms with Gasteiger partial charge in [0.1, 0.15) is 5.52 Å². The van der Waals surface area contributed by atoms with Gasteiger partial charge in [0.2, 0.25) is 0 Å². The summed E-state index contributed by atoms with van der Waals surface area (Å²) in [5, 5.41) is 13.7. The lowest BCUT2D eigenvalue weighted by atomic mass is 10.0. The van der Waals surface area contributed by atoms with E-state index in [9.17, 15) is 5.11 Å². The lowest BCUT2D eigenvalue weighted by Crippen LogP contribution is -2.05. The molecule has 0 fully saturated rings. The number of hydrogen-bond donors (Lipinski definition) is 1. The molecular formula is C23H24N4O. The first-order valence-corrected chi connectivity index (χ1v) is 9.76. The number of hydrogen-bond acceptors (Lipinski definition) is 4. The van der Waals surface area contributed by atoms with Crippen LogP contribution in [0.3, 0.4) is 0 Å². The minimum Gasteiger partial charge on any atom is -0.394 e. The van der Waals surface area contributed by atoms with Gasteiger partial charge >= 0.3 is 0 Å². The number of aliphatic hydroxyl groups excluding tert-OH is 1. The van der Waals surface area contributed by atoms with E-state index in [0.29, 0.717) is 12.2 Å². The molecule has 0 aliphatic carbocycles. The van der Waals surface area contributed by atoms with E-state index in [4.69, 9.17) is 9.97 Å². The average molecular weight is 372 g/mol. The van der Waals surface area contributed by atoms with Gasteiger partial charge in [-0.1, -0.05) is 62.4 Å². The van der Waals surface area contributed by atoms with Crippen molar-refractivity contribution in [2.45, 2.75) is 33.2 Å². The minimum atomic E-state index is 0.0131. The van der Waals surface area contributed by atoms with Crippen LogP contribution in [0.25, 0.3) is 33.7 Å². The fourth-order valence-electron chi connectivity index (χ4n) is 3.35. The summed E-state index contributed by atoms with van der Waals surface area (Å²) in [7, 11) is 0. The van der Waals surface area contributed by atoms with Crippen LogP contribution in [0.15, 0.2) is 54.7 Å². The van der Waals surface area contributed by atoms with Crippen molar-refractivity contribution < 1.29 is 5.11 Å². The fraction of sp³-hybridized carbons (Fsp3) is 0.261. The number of aromatic nitrogens is 4. The molecular weight excluding hydrogens is 348 g/mol. The Bertz CT molecular complexity index is 1080. The Morgan fingerprint density at radius 3 is 1.82 bits per heavy atom. The van der Waals surface area contributed by atoms with E-state index in [-0.39, 0.29) is 6.61 Å². The van der Waals surface area contributed by atoms with Crippen molar-refractivity contribution in [2.75, 3.05) is 6.61 Å². The number of aliphatic hydroxyl groups is 1. The maximum atomic E-state index is 9.31. The van der Waals surface area contributed by atoms with Gasteiger partial charge in [-0.05, 0) is 24.0 Å². The summed E-state index contributed by atoms with van der Waals surface area (Å²) < 4.78 is 1.70. The first kappa shape index (κ1) is 18.3. The summed E-state index contributed by atoms with van der Waals surface area (Å²) in [6, 6.07) is 17.0. The summed E-state index contributed by atoms with van der Waals surface area (Å²) in [4.78, 5) is 9.82. The Kier molecular flexibility index (Phi) is 5.17. The van der Waals surface area contributed by atoms with Gasteiger partial charge < -0.3 is 5.11 Å². The fourth-order valence-corrected chi connectivity index (χ4v) is 3.35. The third-order valence-electron chi connectivity index (χ3n) is 5.05. The summed E-state index contributed by atoms with van der Waals surface area (Å²) in [6.45, 7) is 4.71. The maximum Gasteiger partial charge on any atom is 0.177 e. The van der Waals surface area contributed by atoms with E-state index in [0.717, 1.165) is 40.9 Å². The third-order valence-corrected chi connectivity index (χ3v) is 5.05. The van der Waals surface area contributed by atoms with E-state index in [2.05, 4.69) is 67.5 Å². The number of benzene rings is 2. The van der Waals surface area contributed by atoms with Crippen LogP contribution in [0, 0.1) is 0 Å². The van der Waals surface area contributed by atoms with Crippen molar-refractivity contribution in [3.05, 3.63) is 65.9 Å². The molecule has 0 aliphatic heterocycles. The number of aryl methyl sites for hydroxylation is 2. The second-order valence-corrected chi connectivity index (χ2v) is 6.82. The second-order valence-electron chi connectivity index (χ2n) is 6.82. The number of nitrogens with zero attached hydrogens (tertiary/aromatic N) is 4. The third kappa shape index (κ3) is 3.41. The van der Waals surface area contributed by atoms with Crippen molar-refractivity contribution >= 4 is 11.2 Å². The highest BCUT2D eigenvalue weighted by atomic mass is 16.3.